The summed E-state index contributed by atoms with van der Waals surface area (Å²) in [6.07, 6.45) is 1.23. The highest BCUT2D eigenvalue weighted by molar-refractivity contribution is 7.91. The van der Waals surface area contributed by atoms with Gasteiger partial charge in [0.1, 0.15) is 0 Å². The zero-order valence-corrected chi connectivity index (χ0v) is 17.7. The van der Waals surface area contributed by atoms with E-state index < -0.39 is 9.84 Å². The lowest BCUT2D eigenvalue weighted by Gasteiger charge is -2.29. The lowest BCUT2D eigenvalue weighted by Crippen LogP contribution is -2.42. The van der Waals surface area contributed by atoms with Gasteiger partial charge < -0.3 is 4.90 Å². The van der Waals surface area contributed by atoms with E-state index in [0.29, 0.717) is 24.9 Å². The molecule has 4 nitrogen and oxygen atoms in total. The molecule has 1 unspecified atom stereocenters. The van der Waals surface area contributed by atoms with Crippen molar-refractivity contribution >= 4 is 15.7 Å². The molecule has 2 aromatic carbocycles. The molecule has 0 radical (unpaired) electrons. The van der Waals surface area contributed by atoms with Crippen LogP contribution in [0.1, 0.15) is 48.7 Å². The summed E-state index contributed by atoms with van der Waals surface area (Å²) in [5.74, 6) is 0.141. The molecular weight excluding hydrogens is 370 g/mol. The Morgan fingerprint density at radius 2 is 1.68 bits per heavy atom. The van der Waals surface area contributed by atoms with E-state index in [1.54, 1.807) is 4.90 Å². The highest BCUT2D eigenvalue weighted by atomic mass is 32.2. The quantitative estimate of drug-likeness (QED) is 0.767. The summed E-state index contributed by atoms with van der Waals surface area (Å²) in [5.41, 5.74) is 2.95. The number of hydrogen-bond donors (Lipinski definition) is 0. The van der Waals surface area contributed by atoms with E-state index in [0.717, 1.165) is 5.56 Å². The molecule has 0 saturated carbocycles. The molecule has 1 aliphatic heterocycles. The molecule has 0 spiro atoms. The van der Waals surface area contributed by atoms with Crippen LogP contribution in [-0.2, 0) is 21.7 Å². The first-order chi connectivity index (χ1) is 13.2. The van der Waals surface area contributed by atoms with Crippen molar-refractivity contribution in [1.82, 2.24) is 4.90 Å². The maximum atomic E-state index is 13.3. The molecule has 1 aliphatic rings. The van der Waals surface area contributed by atoms with E-state index in [1.165, 1.54) is 5.56 Å². The molecule has 0 N–H and O–H groups in total. The van der Waals surface area contributed by atoms with E-state index in [4.69, 9.17) is 0 Å². The molecule has 1 heterocycles. The Labute approximate surface area is 168 Å². The molecule has 1 atom stereocenters. The second-order valence-corrected chi connectivity index (χ2v) is 10.8. The van der Waals surface area contributed by atoms with E-state index in [1.807, 2.05) is 54.6 Å². The van der Waals surface area contributed by atoms with E-state index in [2.05, 4.69) is 20.8 Å². The zero-order chi connectivity index (χ0) is 20.4. The van der Waals surface area contributed by atoms with Gasteiger partial charge in [0.25, 0.3) is 5.91 Å². The summed E-state index contributed by atoms with van der Waals surface area (Å²) in [6, 6.07) is 17.5. The third kappa shape index (κ3) is 5.02. The monoisotopic (exact) mass is 399 g/mol. The van der Waals surface area contributed by atoms with Gasteiger partial charge in [0.15, 0.2) is 9.84 Å². The minimum atomic E-state index is -3.06. The molecule has 0 aromatic heterocycles. The molecule has 1 fully saturated rings. The van der Waals surface area contributed by atoms with E-state index in [-0.39, 0.29) is 28.9 Å². The first kappa shape index (κ1) is 20.6. The molecule has 28 heavy (non-hydrogen) atoms. The van der Waals surface area contributed by atoms with E-state index >= 15 is 0 Å². The minimum absolute atomic E-state index is 0.0219. The SMILES string of the molecule is CC(C)(C)c1ccc(C(=O)N(CCc2ccccc2)C2CCS(=O)(=O)C2)cc1. The molecule has 1 amide bonds. The van der Waals surface area contributed by atoms with Crippen LogP contribution in [-0.4, -0.2) is 43.3 Å². The lowest BCUT2D eigenvalue weighted by atomic mass is 9.86. The van der Waals surface area contributed by atoms with Crippen LogP contribution in [0.3, 0.4) is 0 Å². The van der Waals surface area contributed by atoms with Crippen LogP contribution in [0, 0.1) is 0 Å². The van der Waals surface area contributed by atoms with Crippen molar-refractivity contribution in [2.24, 2.45) is 0 Å². The van der Waals surface area contributed by atoms with Crippen LogP contribution in [0.25, 0.3) is 0 Å². The highest BCUT2D eigenvalue weighted by Crippen LogP contribution is 2.24. The minimum Gasteiger partial charge on any atom is -0.334 e. The maximum absolute atomic E-state index is 13.3. The predicted molar refractivity (Wildman–Crippen MR) is 113 cm³/mol. The van der Waals surface area contributed by atoms with Gasteiger partial charge in [-0.15, -0.1) is 0 Å². The standard InChI is InChI=1S/C23H29NO3S/c1-23(2,3)20-11-9-19(10-12-20)22(25)24(21-14-16-28(26,27)17-21)15-13-18-7-5-4-6-8-18/h4-12,21H,13-17H2,1-3H3. The van der Waals surface area contributed by atoms with Gasteiger partial charge in [0.05, 0.1) is 11.5 Å². The number of amides is 1. The smallest absolute Gasteiger partial charge is 0.254 e. The van der Waals surface area contributed by atoms with Gasteiger partial charge in [-0.25, -0.2) is 8.42 Å². The molecule has 3 rings (SSSR count). The van der Waals surface area contributed by atoms with Gasteiger partial charge in [-0.1, -0.05) is 63.2 Å². The molecular formula is C23H29NO3S. The summed E-state index contributed by atoms with van der Waals surface area (Å²) in [6.45, 7) is 6.93. The highest BCUT2D eigenvalue weighted by Gasteiger charge is 2.34. The summed E-state index contributed by atoms with van der Waals surface area (Å²) in [7, 11) is -3.06. The van der Waals surface area contributed by atoms with Crippen molar-refractivity contribution in [1.29, 1.82) is 0 Å². The predicted octanol–water partition coefficient (Wildman–Crippen LogP) is 3.86. The number of carbonyl (C=O) groups is 1. The van der Waals surface area contributed by atoms with Crippen molar-refractivity contribution in [3.05, 3.63) is 71.3 Å². The third-order valence-electron chi connectivity index (χ3n) is 5.39. The average Bonchev–Trinajstić information content (AvgIpc) is 3.01. The van der Waals surface area contributed by atoms with Crippen molar-refractivity contribution in [3.8, 4) is 0 Å². The summed E-state index contributed by atoms with van der Waals surface area (Å²) in [5, 5.41) is 0. The molecule has 5 heteroatoms. The first-order valence-corrected chi connectivity index (χ1v) is 11.6. The van der Waals surface area contributed by atoms with Gasteiger partial charge in [0.2, 0.25) is 0 Å². The molecule has 0 bridgehead atoms. The Hall–Kier alpha value is -2.14. The van der Waals surface area contributed by atoms with Crippen LogP contribution in [0.2, 0.25) is 0 Å². The number of benzene rings is 2. The Balaban J connectivity index is 1.82. The van der Waals surface area contributed by atoms with Crippen molar-refractivity contribution in [3.63, 3.8) is 0 Å². The Kier molecular flexibility index (Phi) is 5.94. The van der Waals surface area contributed by atoms with Crippen LogP contribution >= 0.6 is 0 Å². The topological polar surface area (TPSA) is 54.5 Å². The van der Waals surface area contributed by atoms with Crippen molar-refractivity contribution in [2.75, 3.05) is 18.1 Å². The number of nitrogens with zero attached hydrogens (tertiary/aromatic N) is 1. The lowest BCUT2D eigenvalue weighted by molar-refractivity contribution is 0.0699. The van der Waals surface area contributed by atoms with Gasteiger partial charge >= 0.3 is 0 Å². The number of carbonyl (C=O) groups excluding carboxylic acids is 1. The number of rotatable bonds is 5. The molecule has 150 valence electrons. The summed E-state index contributed by atoms with van der Waals surface area (Å²) in [4.78, 5) is 15.0. The fourth-order valence-electron chi connectivity index (χ4n) is 3.64. The number of sulfone groups is 1. The van der Waals surface area contributed by atoms with E-state index in [9.17, 15) is 13.2 Å². The Morgan fingerprint density at radius 1 is 1.04 bits per heavy atom. The Morgan fingerprint density at radius 3 is 2.21 bits per heavy atom. The molecule has 1 saturated heterocycles. The van der Waals surface area contributed by atoms with Gasteiger partial charge in [0, 0.05) is 18.2 Å². The van der Waals surface area contributed by atoms with Crippen LogP contribution in [0.5, 0.6) is 0 Å². The second-order valence-electron chi connectivity index (χ2n) is 8.62. The van der Waals surface area contributed by atoms with Crippen LogP contribution in [0.4, 0.5) is 0 Å². The summed E-state index contributed by atoms with van der Waals surface area (Å²) < 4.78 is 24.0. The summed E-state index contributed by atoms with van der Waals surface area (Å²) >= 11 is 0. The van der Waals surface area contributed by atoms with Crippen molar-refractivity contribution < 1.29 is 13.2 Å². The molecule has 0 aliphatic carbocycles. The zero-order valence-electron chi connectivity index (χ0n) is 16.9. The Bertz CT molecular complexity index is 913. The van der Waals surface area contributed by atoms with Gasteiger partial charge in [-0.05, 0) is 41.5 Å². The number of hydrogen-bond acceptors (Lipinski definition) is 3. The first-order valence-electron chi connectivity index (χ1n) is 9.81. The fourth-order valence-corrected chi connectivity index (χ4v) is 5.37. The largest absolute Gasteiger partial charge is 0.334 e. The second kappa shape index (κ2) is 8.08. The normalized spacial score (nSPS) is 18.8. The fraction of sp³-hybridized carbons (Fsp3) is 0.435. The van der Waals surface area contributed by atoms with Gasteiger partial charge in [-0.3, -0.25) is 4.79 Å². The third-order valence-corrected chi connectivity index (χ3v) is 7.14. The maximum Gasteiger partial charge on any atom is 0.254 e. The van der Waals surface area contributed by atoms with Crippen LogP contribution < -0.4 is 0 Å². The molecule has 2 aromatic rings. The van der Waals surface area contributed by atoms with Crippen LogP contribution in [0.15, 0.2) is 54.6 Å². The van der Waals surface area contributed by atoms with Crippen molar-refractivity contribution in [2.45, 2.75) is 45.1 Å². The van der Waals surface area contributed by atoms with Gasteiger partial charge in [-0.2, -0.15) is 0 Å². The average molecular weight is 400 g/mol.